The summed E-state index contributed by atoms with van der Waals surface area (Å²) in [5.41, 5.74) is 3.32. The lowest BCUT2D eigenvalue weighted by molar-refractivity contribution is -0.137. The van der Waals surface area contributed by atoms with E-state index in [2.05, 4.69) is 4.98 Å². The van der Waals surface area contributed by atoms with E-state index in [4.69, 9.17) is 16.3 Å². The number of nitrogens with zero attached hydrogens (tertiary/aromatic N) is 2. The van der Waals surface area contributed by atoms with Gasteiger partial charge in [0.15, 0.2) is 0 Å². The molecule has 0 saturated carbocycles. The molecule has 5 nitrogen and oxygen atoms in total. The van der Waals surface area contributed by atoms with Crippen LogP contribution in [0, 0.1) is 22.7 Å². The van der Waals surface area contributed by atoms with Crippen molar-refractivity contribution >= 4 is 5.82 Å². The van der Waals surface area contributed by atoms with Crippen molar-refractivity contribution in [3.63, 3.8) is 0 Å². The van der Waals surface area contributed by atoms with Crippen LogP contribution in [0.1, 0.15) is 16.7 Å². The van der Waals surface area contributed by atoms with Crippen molar-refractivity contribution in [3.05, 3.63) is 51.3 Å². The zero-order chi connectivity index (χ0) is 16.5. The number of aromatic nitrogens is 1. The van der Waals surface area contributed by atoms with Crippen LogP contribution in [-0.4, -0.2) is 4.98 Å². The monoisotopic (exact) mass is 304 g/mol. The molecule has 0 aliphatic carbocycles. The van der Waals surface area contributed by atoms with Gasteiger partial charge in [-0.3, -0.25) is 4.79 Å². The first-order valence-electron chi connectivity index (χ1n) is 5.83. The second-order valence-corrected chi connectivity index (χ2v) is 4.29. The predicted octanol–water partition coefficient (Wildman–Crippen LogP) is 2.39. The van der Waals surface area contributed by atoms with E-state index in [-0.39, 0.29) is 28.1 Å². The van der Waals surface area contributed by atoms with Crippen LogP contribution in [-0.2, 0) is 6.18 Å². The number of H-pyrrole nitrogens is 1. The highest BCUT2D eigenvalue weighted by Gasteiger charge is 2.30. The fraction of sp³-hybridized carbons (Fsp3) is 0.0714. The largest absolute Gasteiger partial charge is 0.416 e. The van der Waals surface area contributed by atoms with Gasteiger partial charge in [-0.2, -0.15) is 23.7 Å². The lowest BCUT2D eigenvalue weighted by Crippen LogP contribution is -2.16. The number of nitrogen functional groups attached to an aromatic ring is 1. The van der Waals surface area contributed by atoms with E-state index < -0.39 is 17.3 Å². The van der Waals surface area contributed by atoms with Crippen molar-refractivity contribution in [1.29, 1.82) is 10.5 Å². The molecule has 0 radical (unpaired) electrons. The minimum atomic E-state index is -4.51. The zero-order valence-corrected chi connectivity index (χ0v) is 10.8. The molecule has 0 saturated heterocycles. The molecular formula is C14H7F3N4O. The van der Waals surface area contributed by atoms with Crippen LogP contribution in [0.15, 0.2) is 29.1 Å². The lowest BCUT2D eigenvalue weighted by atomic mass is 9.96. The molecule has 110 valence electrons. The maximum Gasteiger partial charge on any atom is 0.416 e. The Morgan fingerprint density at radius 2 is 1.59 bits per heavy atom. The number of nitrogens with two attached hydrogens (primary N) is 1. The van der Waals surface area contributed by atoms with Crippen molar-refractivity contribution in [2.45, 2.75) is 6.18 Å². The third-order valence-electron chi connectivity index (χ3n) is 2.97. The molecule has 8 heteroatoms. The van der Waals surface area contributed by atoms with Gasteiger partial charge in [0.1, 0.15) is 29.1 Å². The quantitative estimate of drug-likeness (QED) is 0.843. The maximum absolute atomic E-state index is 12.6. The Bertz CT molecular complexity index is 868. The molecule has 0 unspecified atom stereocenters. The van der Waals surface area contributed by atoms with Crippen LogP contribution in [0.4, 0.5) is 19.0 Å². The van der Waals surface area contributed by atoms with E-state index in [1.807, 2.05) is 0 Å². The standard InChI is InChI=1S/C14H7F3N4O/c15-14(16,17)8-3-1-7(2-4-8)11-9(5-18)12(20)21-13(22)10(11)6-19/h1-4H,(H3,20,21,22). The molecule has 22 heavy (non-hydrogen) atoms. The highest BCUT2D eigenvalue weighted by molar-refractivity contribution is 5.80. The maximum atomic E-state index is 12.6. The molecule has 0 aliphatic rings. The SMILES string of the molecule is N#Cc1c(N)[nH]c(=O)c(C#N)c1-c1ccc(C(F)(F)F)cc1. The highest BCUT2D eigenvalue weighted by atomic mass is 19.4. The van der Waals surface area contributed by atoms with Gasteiger partial charge in [0.05, 0.1) is 5.56 Å². The van der Waals surface area contributed by atoms with Crippen LogP contribution in [0.3, 0.4) is 0 Å². The van der Waals surface area contributed by atoms with Gasteiger partial charge in [-0.25, -0.2) is 0 Å². The lowest BCUT2D eigenvalue weighted by Gasteiger charge is -2.10. The molecular weight excluding hydrogens is 297 g/mol. The Morgan fingerprint density at radius 3 is 2.05 bits per heavy atom. The van der Waals surface area contributed by atoms with Crippen LogP contribution < -0.4 is 11.3 Å². The summed E-state index contributed by atoms with van der Waals surface area (Å²) in [7, 11) is 0. The van der Waals surface area contributed by atoms with E-state index in [0.29, 0.717) is 0 Å². The average molecular weight is 304 g/mol. The Hall–Kier alpha value is -3.26. The van der Waals surface area contributed by atoms with Crippen molar-refractivity contribution in [1.82, 2.24) is 4.98 Å². The Labute approximate surface area is 122 Å². The summed E-state index contributed by atoms with van der Waals surface area (Å²) in [4.78, 5) is 13.9. The first-order valence-corrected chi connectivity index (χ1v) is 5.83. The van der Waals surface area contributed by atoms with Gasteiger partial charge in [-0.15, -0.1) is 0 Å². The van der Waals surface area contributed by atoms with E-state index in [0.717, 1.165) is 24.3 Å². The Balaban J connectivity index is 2.75. The van der Waals surface area contributed by atoms with Gasteiger partial charge in [-0.1, -0.05) is 12.1 Å². The van der Waals surface area contributed by atoms with Gasteiger partial charge in [0.2, 0.25) is 0 Å². The minimum absolute atomic E-state index is 0.0834. The molecule has 0 fully saturated rings. The second-order valence-electron chi connectivity index (χ2n) is 4.29. The molecule has 0 aliphatic heterocycles. The molecule has 3 N–H and O–H groups in total. The summed E-state index contributed by atoms with van der Waals surface area (Å²) < 4.78 is 37.7. The highest BCUT2D eigenvalue weighted by Crippen LogP contribution is 2.33. The summed E-state index contributed by atoms with van der Waals surface area (Å²) in [6.45, 7) is 0. The van der Waals surface area contributed by atoms with Crippen LogP contribution >= 0.6 is 0 Å². The van der Waals surface area contributed by atoms with Crippen LogP contribution in [0.5, 0.6) is 0 Å². The van der Waals surface area contributed by atoms with E-state index in [9.17, 15) is 18.0 Å². The van der Waals surface area contributed by atoms with Gasteiger partial charge < -0.3 is 10.7 Å². The molecule has 0 atom stereocenters. The molecule has 0 bridgehead atoms. The van der Waals surface area contributed by atoms with Crippen molar-refractivity contribution in [3.8, 4) is 23.3 Å². The molecule has 2 aromatic rings. The average Bonchev–Trinajstić information content (AvgIpc) is 2.46. The summed E-state index contributed by atoms with van der Waals surface area (Å²) >= 11 is 0. The smallest absolute Gasteiger partial charge is 0.384 e. The Morgan fingerprint density at radius 1 is 1.05 bits per heavy atom. The number of halogens is 3. The van der Waals surface area contributed by atoms with Crippen LogP contribution in [0.2, 0.25) is 0 Å². The molecule has 1 heterocycles. The van der Waals surface area contributed by atoms with Crippen molar-refractivity contribution in [2.24, 2.45) is 0 Å². The minimum Gasteiger partial charge on any atom is -0.384 e. The number of nitrogens with one attached hydrogen (secondary N) is 1. The van der Waals surface area contributed by atoms with Gasteiger partial charge in [0.25, 0.3) is 5.56 Å². The molecule has 1 aromatic heterocycles. The third kappa shape index (κ3) is 2.50. The number of rotatable bonds is 1. The summed E-state index contributed by atoms with van der Waals surface area (Å²) in [5, 5.41) is 18.2. The summed E-state index contributed by atoms with van der Waals surface area (Å²) in [5.74, 6) is -0.249. The topological polar surface area (TPSA) is 106 Å². The normalized spacial score (nSPS) is 10.8. The number of pyridine rings is 1. The molecule has 2 rings (SSSR count). The zero-order valence-electron chi connectivity index (χ0n) is 10.8. The predicted molar refractivity (Wildman–Crippen MR) is 71.3 cm³/mol. The first kappa shape index (κ1) is 15.1. The molecule has 0 spiro atoms. The fourth-order valence-electron chi connectivity index (χ4n) is 1.96. The van der Waals surface area contributed by atoms with E-state index in [1.54, 1.807) is 12.1 Å². The Kier molecular flexibility index (Phi) is 3.62. The van der Waals surface area contributed by atoms with Crippen molar-refractivity contribution in [2.75, 3.05) is 5.73 Å². The number of anilines is 1. The number of benzene rings is 1. The number of aromatic amines is 1. The molecule has 1 aromatic carbocycles. The van der Waals surface area contributed by atoms with Gasteiger partial charge in [0, 0.05) is 5.56 Å². The fourth-order valence-corrected chi connectivity index (χ4v) is 1.96. The van der Waals surface area contributed by atoms with Crippen LogP contribution in [0.25, 0.3) is 11.1 Å². The summed E-state index contributed by atoms with van der Waals surface area (Å²) in [6, 6.07) is 7.14. The second kappa shape index (κ2) is 5.26. The first-order chi connectivity index (χ1) is 10.3. The third-order valence-corrected chi connectivity index (χ3v) is 2.97. The summed E-state index contributed by atoms with van der Waals surface area (Å²) in [6.07, 6.45) is -4.51. The number of hydrogen-bond donors (Lipinski definition) is 2. The number of nitriles is 2. The number of hydrogen-bond acceptors (Lipinski definition) is 4. The van der Waals surface area contributed by atoms with Gasteiger partial charge >= 0.3 is 6.18 Å². The van der Waals surface area contributed by atoms with Gasteiger partial charge in [-0.05, 0) is 17.7 Å². The van der Waals surface area contributed by atoms with Crippen molar-refractivity contribution < 1.29 is 13.2 Å². The number of alkyl halides is 3. The van der Waals surface area contributed by atoms with E-state index >= 15 is 0 Å². The molecule has 0 amide bonds. The van der Waals surface area contributed by atoms with E-state index in [1.165, 1.54) is 0 Å².